The average Bonchev–Trinajstić information content (AvgIpc) is 3.24. The van der Waals surface area contributed by atoms with Crippen LogP contribution in [0.25, 0.3) is 0 Å². The standard InChI is InChI=1S/C24H38N4O2/c1-19-9-5-6-10-20(19)23(13-15-30-16-14-23)17-26-22(25-2)27-18-24(11-7-8-12-24)21(29)28(3)4/h5-6,9-10H,7-8,11-18H2,1-4H3,(H2,25,26,27). The fourth-order valence-corrected chi connectivity index (χ4v) is 5.19. The highest BCUT2D eigenvalue weighted by Gasteiger charge is 2.42. The first-order chi connectivity index (χ1) is 14.4. The van der Waals surface area contributed by atoms with Crippen LogP contribution in [0.1, 0.15) is 49.7 Å². The van der Waals surface area contributed by atoms with Gasteiger partial charge in [0.05, 0.1) is 5.41 Å². The number of hydrogen-bond acceptors (Lipinski definition) is 3. The maximum atomic E-state index is 12.9. The van der Waals surface area contributed by atoms with Crippen LogP contribution >= 0.6 is 0 Å². The number of aryl methyl sites for hydroxylation is 1. The number of nitrogens with one attached hydrogen (secondary N) is 2. The van der Waals surface area contributed by atoms with Crippen molar-refractivity contribution in [1.29, 1.82) is 0 Å². The first-order valence-electron chi connectivity index (χ1n) is 11.2. The molecule has 0 atom stereocenters. The lowest BCUT2D eigenvalue weighted by atomic mass is 9.72. The van der Waals surface area contributed by atoms with Crippen molar-refractivity contribution in [2.45, 2.75) is 50.9 Å². The van der Waals surface area contributed by atoms with E-state index in [0.29, 0.717) is 6.54 Å². The zero-order valence-corrected chi connectivity index (χ0v) is 19.1. The summed E-state index contributed by atoms with van der Waals surface area (Å²) in [6, 6.07) is 8.67. The van der Waals surface area contributed by atoms with Gasteiger partial charge in [-0.15, -0.1) is 0 Å². The summed E-state index contributed by atoms with van der Waals surface area (Å²) in [6.07, 6.45) is 6.10. The zero-order valence-electron chi connectivity index (χ0n) is 19.1. The molecule has 2 aliphatic rings. The predicted molar refractivity (Wildman–Crippen MR) is 122 cm³/mol. The third kappa shape index (κ3) is 4.80. The lowest BCUT2D eigenvalue weighted by Crippen LogP contribution is -2.52. The number of carbonyl (C=O) groups is 1. The summed E-state index contributed by atoms with van der Waals surface area (Å²) < 4.78 is 5.68. The molecule has 2 N–H and O–H groups in total. The fraction of sp³-hybridized carbons (Fsp3) is 0.667. The molecule has 0 unspecified atom stereocenters. The van der Waals surface area contributed by atoms with Crippen LogP contribution in [0, 0.1) is 12.3 Å². The average molecular weight is 415 g/mol. The van der Waals surface area contributed by atoms with Gasteiger partial charge in [-0.25, -0.2) is 0 Å². The van der Waals surface area contributed by atoms with Crippen molar-refractivity contribution in [1.82, 2.24) is 15.5 Å². The van der Waals surface area contributed by atoms with Crippen molar-refractivity contribution in [2.75, 3.05) is 47.4 Å². The second-order valence-electron chi connectivity index (χ2n) is 9.17. The van der Waals surface area contributed by atoms with Gasteiger partial charge < -0.3 is 20.3 Å². The minimum absolute atomic E-state index is 0.0334. The van der Waals surface area contributed by atoms with Gasteiger partial charge in [0.2, 0.25) is 5.91 Å². The van der Waals surface area contributed by atoms with Crippen LogP contribution < -0.4 is 10.6 Å². The second kappa shape index (κ2) is 9.82. The molecular weight excluding hydrogens is 376 g/mol. The topological polar surface area (TPSA) is 66.0 Å². The Labute approximate surface area is 181 Å². The summed E-state index contributed by atoms with van der Waals surface area (Å²) in [5, 5.41) is 7.04. The molecule has 1 amide bonds. The summed E-state index contributed by atoms with van der Waals surface area (Å²) in [5.41, 5.74) is 2.44. The lowest BCUT2D eigenvalue weighted by molar-refractivity contribution is -0.138. The number of benzene rings is 1. The van der Waals surface area contributed by atoms with E-state index >= 15 is 0 Å². The molecule has 0 spiro atoms. The normalized spacial score (nSPS) is 20.6. The molecular formula is C24H38N4O2. The van der Waals surface area contributed by atoms with Gasteiger partial charge in [-0.3, -0.25) is 9.79 Å². The number of aliphatic imine (C=N–C) groups is 1. The van der Waals surface area contributed by atoms with Crippen LogP contribution in [0.15, 0.2) is 29.3 Å². The SMILES string of the molecule is CN=C(NCC1(C(=O)N(C)C)CCCC1)NCC1(c2ccccc2C)CCOCC1. The largest absolute Gasteiger partial charge is 0.381 e. The highest BCUT2D eigenvalue weighted by molar-refractivity contribution is 5.85. The highest BCUT2D eigenvalue weighted by Crippen LogP contribution is 2.39. The van der Waals surface area contributed by atoms with Crippen LogP contribution in [0.4, 0.5) is 0 Å². The minimum Gasteiger partial charge on any atom is -0.381 e. The van der Waals surface area contributed by atoms with Crippen molar-refractivity contribution in [2.24, 2.45) is 10.4 Å². The monoisotopic (exact) mass is 414 g/mol. The Morgan fingerprint density at radius 1 is 1.07 bits per heavy atom. The second-order valence-corrected chi connectivity index (χ2v) is 9.17. The third-order valence-corrected chi connectivity index (χ3v) is 7.00. The van der Waals surface area contributed by atoms with Crippen LogP contribution in [-0.2, 0) is 14.9 Å². The van der Waals surface area contributed by atoms with E-state index < -0.39 is 0 Å². The van der Waals surface area contributed by atoms with Crippen molar-refractivity contribution >= 4 is 11.9 Å². The molecule has 30 heavy (non-hydrogen) atoms. The summed E-state index contributed by atoms with van der Waals surface area (Å²) in [5.74, 6) is 0.996. The Bertz CT molecular complexity index is 747. The molecule has 2 fully saturated rings. The van der Waals surface area contributed by atoms with E-state index in [-0.39, 0.29) is 16.7 Å². The molecule has 0 aromatic heterocycles. The number of amides is 1. The molecule has 1 heterocycles. The molecule has 6 nitrogen and oxygen atoms in total. The smallest absolute Gasteiger partial charge is 0.230 e. The third-order valence-electron chi connectivity index (χ3n) is 7.00. The zero-order chi connectivity index (χ0) is 21.6. The molecule has 166 valence electrons. The Morgan fingerprint density at radius 2 is 1.70 bits per heavy atom. The van der Waals surface area contributed by atoms with Crippen LogP contribution in [0.5, 0.6) is 0 Å². The van der Waals surface area contributed by atoms with Gasteiger partial charge >= 0.3 is 0 Å². The number of hydrogen-bond donors (Lipinski definition) is 2. The number of guanidine groups is 1. The summed E-state index contributed by atoms with van der Waals surface area (Å²) in [7, 11) is 5.51. The molecule has 1 aliphatic carbocycles. The molecule has 1 aromatic rings. The molecule has 1 saturated carbocycles. The van der Waals surface area contributed by atoms with Gasteiger partial charge in [-0.05, 0) is 43.7 Å². The van der Waals surface area contributed by atoms with E-state index in [1.54, 1.807) is 11.9 Å². The molecule has 1 saturated heterocycles. The molecule has 1 aromatic carbocycles. The first-order valence-corrected chi connectivity index (χ1v) is 11.2. The van der Waals surface area contributed by atoms with E-state index in [4.69, 9.17) is 4.74 Å². The van der Waals surface area contributed by atoms with E-state index in [1.807, 2.05) is 14.1 Å². The van der Waals surface area contributed by atoms with Gasteiger partial charge in [0.15, 0.2) is 5.96 Å². The quantitative estimate of drug-likeness (QED) is 0.555. The summed E-state index contributed by atoms with van der Waals surface area (Å²) in [6.45, 7) is 5.18. The van der Waals surface area contributed by atoms with Crippen LogP contribution in [-0.4, -0.2) is 64.2 Å². The van der Waals surface area contributed by atoms with E-state index in [9.17, 15) is 4.79 Å². The molecule has 6 heteroatoms. The van der Waals surface area contributed by atoms with Gasteiger partial charge in [0, 0.05) is 52.9 Å². The van der Waals surface area contributed by atoms with Gasteiger partial charge in [-0.1, -0.05) is 37.1 Å². The van der Waals surface area contributed by atoms with Crippen molar-refractivity contribution in [3.05, 3.63) is 35.4 Å². The Hall–Kier alpha value is -2.08. The van der Waals surface area contributed by atoms with Gasteiger partial charge in [0.25, 0.3) is 0 Å². The Balaban J connectivity index is 1.69. The number of rotatable bonds is 6. The Morgan fingerprint density at radius 3 is 2.30 bits per heavy atom. The van der Waals surface area contributed by atoms with Gasteiger partial charge in [0.1, 0.15) is 0 Å². The van der Waals surface area contributed by atoms with Crippen LogP contribution in [0.2, 0.25) is 0 Å². The molecule has 1 aliphatic heterocycles. The van der Waals surface area contributed by atoms with Crippen LogP contribution in [0.3, 0.4) is 0 Å². The summed E-state index contributed by atoms with van der Waals surface area (Å²) in [4.78, 5) is 19.0. The molecule has 3 rings (SSSR count). The van der Waals surface area contributed by atoms with E-state index in [1.165, 1.54) is 11.1 Å². The molecule has 0 radical (unpaired) electrons. The fourth-order valence-electron chi connectivity index (χ4n) is 5.19. The molecule has 0 bridgehead atoms. The highest BCUT2D eigenvalue weighted by atomic mass is 16.5. The number of carbonyl (C=O) groups excluding carboxylic acids is 1. The van der Waals surface area contributed by atoms with Crippen molar-refractivity contribution < 1.29 is 9.53 Å². The minimum atomic E-state index is -0.312. The number of ether oxygens (including phenoxy) is 1. The Kier molecular flexibility index (Phi) is 7.40. The number of nitrogens with zero attached hydrogens (tertiary/aromatic N) is 2. The van der Waals surface area contributed by atoms with E-state index in [2.05, 4.69) is 46.8 Å². The van der Waals surface area contributed by atoms with Crippen molar-refractivity contribution in [3.63, 3.8) is 0 Å². The lowest BCUT2D eigenvalue weighted by Gasteiger charge is -2.39. The maximum Gasteiger partial charge on any atom is 0.230 e. The van der Waals surface area contributed by atoms with E-state index in [0.717, 1.165) is 64.2 Å². The van der Waals surface area contributed by atoms with Gasteiger partial charge in [-0.2, -0.15) is 0 Å². The first kappa shape index (κ1) is 22.6. The summed E-state index contributed by atoms with van der Waals surface area (Å²) >= 11 is 0. The predicted octanol–water partition coefficient (Wildman–Crippen LogP) is 2.86. The van der Waals surface area contributed by atoms with Crippen molar-refractivity contribution in [3.8, 4) is 0 Å². The maximum absolute atomic E-state index is 12.9.